The maximum atomic E-state index is 2.65. The Morgan fingerprint density at radius 2 is 1.08 bits per heavy atom. The van der Waals surface area contributed by atoms with Crippen molar-refractivity contribution in [3.05, 3.63) is 0 Å². The Kier molecular flexibility index (Phi) is 5.81. The average molecular weight is 365 g/mol. The highest BCUT2D eigenvalue weighted by molar-refractivity contribution is 4.98. The number of hydrogen-bond donors (Lipinski definition) is 0. The summed E-state index contributed by atoms with van der Waals surface area (Å²) < 4.78 is 0. The summed E-state index contributed by atoms with van der Waals surface area (Å²) >= 11 is 0. The number of hydrogen-bond acceptors (Lipinski definition) is 4. The zero-order valence-corrected chi connectivity index (χ0v) is 18.8. The van der Waals surface area contributed by atoms with Crippen molar-refractivity contribution in [3.8, 4) is 0 Å². The molecular weight excluding hydrogens is 320 g/mol. The quantitative estimate of drug-likeness (QED) is 0.655. The molecule has 4 atom stereocenters. The first-order chi connectivity index (χ1) is 11.9. The van der Waals surface area contributed by atoms with Gasteiger partial charge in [-0.3, -0.25) is 9.80 Å². The van der Waals surface area contributed by atoms with Gasteiger partial charge in [-0.05, 0) is 86.4 Å². The van der Waals surface area contributed by atoms with Crippen LogP contribution in [0.5, 0.6) is 0 Å². The minimum Gasteiger partial charge on any atom is -0.306 e. The van der Waals surface area contributed by atoms with Crippen molar-refractivity contribution in [1.82, 2.24) is 19.6 Å². The lowest BCUT2D eigenvalue weighted by molar-refractivity contribution is 0.151. The molecule has 26 heavy (non-hydrogen) atoms. The molecule has 0 bridgehead atoms. The number of nitrogens with zero attached hydrogens (tertiary/aromatic N) is 4. The van der Waals surface area contributed by atoms with Gasteiger partial charge in [-0.1, -0.05) is 0 Å². The first kappa shape index (κ1) is 20.6. The van der Waals surface area contributed by atoms with Gasteiger partial charge in [-0.15, -0.1) is 0 Å². The van der Waals surface area contributed by atoms with Crippen LogP contribution in [0.3, 0.4) is 0 Å². The molecule has 0 N–H and O–H groups in total. The van der Waals surface area contributed by atoms with Gasteiger partial charge < -0.3 is 9.80 Å². The van der Waals surface area contributed by atoms with Crippen LogP contribution < -0.4 is 0 Å². The second kappa shape index (κ2) is 7.35. The van der Waals surface area contributed by atoms with Gasteiger partial charge in [0.1, 0.15) is 0 Å². The number of likely N-dealkylation sites (N-methyl/N-ethyl adjacent to an activating group) is 1. The maximum absolute atomic E-state index is 2.65. The van der Waals surface area contributed by atoms with Crippen LogP contribution in [0.2, 0.25) is 0 Å². The zero-order chi connectivity index (χ0) is 19.3. The molecule has 4 heterocycles. The normalized spacial score (nSPS) is 36.9. The van der Waals surface area contributed by atoms with Crippen molar-refractivity contribution in [3.63, 3.8) is 0 Å². The lowest BCUT2D eigenvalue weighted by Crippen LogP contribution is -2.42. The predicted molar refractivity (Wildman–Crippen MR) is 112 cm³/mol. The monoisotopic (exact) mass is 364 g/mol. The van der Waals surface area contributed by atoms with Crippen LogP contribution in [0.1, 0.15) is 48.0 Å². The summed E-state index contributed by atoms with van der Waals surface area (Å²) in [7, 11) is 4.52. The summed E-state index contributed by atoms with van der Waals surface area (Å²) in [4.78, 5) is 10.3. The van der Waals surface area contributed by atoms with E-state index in [0.717, 1.165) is 23.8 Å². The molecule has 152 valence electrons. The molecule has 4 rings (SSSR count). The van der Waals surface area contributed by atoms with Crippen molar-refractivity contribution in [2.75, 3.05) is 59.9 Å². The van der Waals surface area contributed by atoms with Crippen LogP contribution in [0.4, 0.5) is 0 Å². The maximum Gasteiger partial charge on any atom is 0.0261 e. The molecule has 0 aromatic heterocycles. The number of likely N-dealkylation sites (tertiary alicyclic amines) is 4. The Balaban J connectivity index is 0.000000151. The summed E-state index contributed by atoms with van der Waals surface area (Å²) in [6.07, 6.45) is 1.41. The van der Waals surface area contributed by atoms with Gasteiger partial charge in [0.2, 0.25) is 0 Å². The summed E-state index contributed by atoms with van der Waals surface area (Å²) in [6.45, 7) is 23.2. The van der Waals surface area contributed by atoms with Crippen LogP contribution in [-0.2, 0) is 0 Å². The van der Waals surface area contributed by atoms with E-state index in [9.17, 15) is 0 Å². The van der Waals surface area contributed by atoms with Gasteiger partial charge in [0, 0.05) is 56.4 Å². The zero-order valence-electron chi connectivity index (χ0n) is 18.8. The summed E-state index contributed by atoms with van der Waals surface area (Å²) in [6, 6.07) is 0.847. The van der Waals surface area contributed by atoms with Crippen molar-refractivity contribution < 1.29 is 0 Å². The molecule has 0 spiro atoms. The van der Waals surface area contributed by atoms with E-state index in [4.69, 9.17) is 0 Å². The lowest BCUT2D eigenvalue weighted by Gasteiger charge is -2.33. The molecule has 4 aliphatic heterocycles. The van der Waals surface area contributed by atoms with Crippen molar-refractivity contribution >= 4 is 0 Å². The van der Waals surface area contributed by atoms with E-state index in [2.05, 4.69) is 75.2 Å². The van der Waals surface area contributed by atoms with Gasteiger partial charge in [0.05, 0.1) is 0 Å². The third-order valence-corrected chi connectivity index (χ3v) is 7.39. The van der Waals surface area contributed by atoms with E-state index in [1.807, 2.05) is 0 Å². The van der Waals surface area contributed by atoms with Crippen LogP contribution in [0.25, 0.3) is 0 Å². The predicted octanol–water partition coefficient (Wildman–Crippen LogP) is 2.70. The number of rotatable bonds is 0. The van der Waals surface area contributed by atoms with Gasteiger partial charge in [-0.25, -0.2) is 0 Å². The van der Waals surface area contributed by atoms with Gasteiger partial charge >= 0.3 is 0 Å². The first-order valence-electron chi connectivity index (χ1n) is 10.8. The highest BCUT2D eigenvalue weighted by Gasteiger charge is 2.43. The molecule has 0 amide bonds. The highest BCUT2D eigenvalue weighted by atomic mass is 15.3. The standard InChI is InChI=1S/2C11H22N2/c1-11(2,3)13-7-9-5-12(4)6-10(9)8-13;1-11(2,3)13-7-9-5-6-12(4)10(9)8-13/h2*9-10H,5-8H2,1-4H3. The summed E-state index contributed by atoms with van der Waals surface area (Å²) in [5.41, 5.74) is 0.744. The summed E-state index contributed by atoms with van der Waals surface area (Å²) in [5, 5.41) is 0. The third kappa shape index (κ3) is 4.45. The van der Waals surface area contributed by atoms with Gasteiger partial charge in [0.15, 0.2) is 0 Å². The molecule has 0 aromatic carbocycles. The number of fused-ring (bicyclic) bond motifs is 2. The lowest BCUT2D eigenvalue weighted by atomic mass is 10.0. The van der Waals surface area contributed by atoms with Crippen molar-refractivity contribution in [2.45, 2.75) is 65.1 Å². The first-order valence-corrected chi connectivity index (χ1v) is 10.8. The molecule has 4 heteroatoms. The molecular formula is C22H44N4. The third-order valence-electron chi connectivity index (χ3n) is 7.39. The van der Waals surface area contributed by atoms with Gasteiger partial charge in [0.25, 0.3) is 0 Å². The topological polar surface area (TPSA) is 13.0 Å². The fourth-order valence-corrected chi connectivity index (χ4v) is 5.50. The largest absolute Gasteiger partial charge is 0.306 e. The summed E-state index contributed by atoms with van der Waals surface area (Å²) in [5.74, 6) is 2.85. The van der Waals surface area contributed by atoms with Crippen LogP contribution in [0.15, 0.2) is 0 Å². The highest BCUT2D eigenvalue weighted by Crippen LogP contribution is 2.34. The fraction of sp³-hybridized carbons (Fsp3) is 1.00. The smallest absolute Gasteiger partial charge is 0.0261 e. The molecule has 0 aromatic rings. The van der Waals surface area contributed by atoms with Crippen LogP contribution in [0, 0.1) is 17.8 Å². The Bertz CT molecular complexity index is 464. The molecule has 4 unspecified atom stereocenters. The van der Waals surface area contributed by atoms with E-state index in [1.165, 1.54) is 52.2 Å². The van der Waals surface area contributed by atoms with Crippen LogP contribution in [-0.4, -0.2) is 96.6 Å². The molecule has 0 saturated carbocycles. The second-order valence-corrected chi connectivity index (χ2v) is 11.5. The van der Waals surface area contributed by atoms with Crippen LogP contribution >= 0.6 is 0 Å². The Morgan fingerprint density at radius 1 is 0.615 bits per heavy atom. The van der Waals surface area contributed by atoms with E-state index in [-0.39, 0.29) is 0 Å². The molecule has 4 nitrogen and oxygen atoms in total. The molecule has 4 saturated heterocycles. The molecule has 0 radical (unpaired) electrons. The molecule has 4 aliphatic rings. The Morgan fingerprint density at radius 3 is 1.54 bits per heavy atom. The van der Waals surface area contributed by atoms with Crippen molar-refractivity contribution in [2.24, 2.45) is 17.8 Å². The molecule has 4 fully saturated rings. The second-order valence-electron chi connectivity index (χ2n) is 11.5. The molecule has 0 aliphatic carbocycles. The minimum absolute atomic E-state index is 0.366. The van der Waals surface area contributed by atoms with E-state index in [0.29, 0.717) is 11.1 Å². The Hall–Kier alpha value is -0.160. The fourth-order valence-electron chi connectivity index (χ4n) is 5.50. The van der Waals surface area contributed by atoms with Gasteiger partial charge in [-0.2, -0.15) is 0 Å². The van der Waals surface area contributed by atoms with E-state index < -0.39 is 0 Å². The average Bonchev–Trinajstić information content (AvgIpc) is 3.18. The van der Waals surface area contributed by atoms with Crippen molar-refractivity contribution in [1.29, 1.82) is 0 Å². The van der Waals surface area contributed by atoms with E-state index >= 15 is 0 Å². The minimum atomic E-state index is 0.366. The van der Waals surface area contributed by atoms with E-state index in [1.54, 1.807) is 0 Å². The Labute approximate surface area is 162 Å². The SMILES string of the molecule is CN1CC2CN(C(C)(C)C)CC2C1.CN1CCC2CN(C(C)(C)C)CC21.